The average molecular weight is 222 g/mol. The van der Waals surface area contributed by atoms with Crippen molar-refractivity contribution in [1.29, 1.82) is 0 Å². The summed E-state index contributed by atoms with van der Waals surface area (Å²) in [7, 11) is 0. The molecule has 1 aromatic rings. The topological polar surface area (TPSA) is 26.3 Å². The van der Waals surface area contributed by atoms with Crippen LogP contribution in [0.1, 0.15) is 11.1 Å². The van der Waals surface area contributed by atoms with Crippen molar-refractivity contribution in [3.8, 4) is 0 Å². The molecule has 6 heteroatoms. The van der Waals surface area contributed by atoms with Crippen molar-refractivity contribution in [2.24, 2.45) is 0 Å². The fraction of sp³-hybridized carbons (Fsp3) is 0.222. The van der Waals surface area contributed by atoms with Crippen molar-refractivity contribution < 1.29 is 27.1 Å². The van der Waals surface area contributed by atoms with E-state index in [1.807, 2.05) is 0 Å². The molecule has 0 bridgehead atoms. The van der Waals surface area contributed by atoms with Crippen LogP contribution in [0.5, 0.6) is 0 Å². The highest BCUT2D eigenvalue weighted by atomic mass is 19.4. The van der Waals surface area contributed by atoms with E-state index in [1.165, 1.54) is 0 Å². The van der Waals surface area contributed by atoms with Crippen LogP contribution in [-0.2, 0) is 22.3 Å². The summed E-state index contributed by atoms with van der Waals surface area (Å²) in [5, 5.41) is 0. The zero-order valence-corrected chi connectivity index (χ0v) is 7.34. The molecule has 82 valence electrons. The van der Waals surface area contributed by atoms with Crippen molar-refractivity contribution >= 4 is 6.47 Å². The number of ether oxygens (including phenoxy) is 1. The van der Waals surface area contributed by atoms with Gasteiger partial charge in [0.15, 0.2) is 0 Å². The molecule has 0 aliphatic rings. The highest BCUT2D eigenvalue weighted by molar-refractivity contribution is 5.37. The van der Waals surface area contributed by atoms with Crippen molar-refractivity contribution in [2.75, 3.05) is 0 Å². The van der Waals surface area contributed by atoms with E-state index in [2.05, 4.69) is 4.74 Å². The second-order valence-corrected chi connectivity index (χ2v) is 2.72. The van der Waals surface area contributed by atoms with E-state index in [9.17, 15) is 22.4 Å². The molecule has 0 aliphatic carbocycles. The molecule has 1 rings (SSSR count). The lowest BCUT2D eigenvalue weighted by Gasteiger charge is -2.09. The largest absolute Gasteiger partial charge is 0.463 e. The summed E-state index contributed by atoms with van der Waals surface area (Å²) in [4.78, 5) is 9.81. The van der Waals surface area contributed by atoms with Crippen LogP contribution in [0.25, 0.3) is 0 Å². The van der Waals surface area contributed by atoms with Crippen LogP contribution in [0.3, 0.4) is 0 Å². The average Bonchev–Trinajstić information content (AvgIpc) is 2.15. The summed E-state index contributed by atoms with van der Waals surface area (Å²) in [5.41, 5.74) is -1.29. The fourth-order valence-electron chi connectivity index (χ4n) is 1.01. The monoisotopic (exact) mass is 222 g/mol. The van der Waals surface area contributed by atoms with Gasteiger partial charge in [0.05, 0.1) is 5.56 Å². The third-order valence-electron chi connectivity index (χ3n) is 1.65. The number of benzene rings is 1. The molecule has 0 aliphatic heterocycles. The number of rotatable bonds is 3. The Morgan fingerprint density at radius 1 is 1.33 bits per heavy atom. The Morgan fingerprint density at radius 3 is 2.53 bits per heavy atom. The summed E-state index contributed by atoms with van der Waals surface area (Å²) in [6, 6.07) is 2.42. The molecular weight excluding hydrogens is 216 g/mol. The normalized spacial score (nSPS) is 11.2. The molecule has 0 saturated heterocycles. The van der Waals surface area contributed by atoms with E-state index in [0.717, 1.165) is 6.07 Å². The van der Waals surface area contributed by atoms with Gasteiger partial charge in [-0.15, -0.1) is 0 Å². The zero-order chi connectivity index (χ0) is 11.5. The minimum Gasteiger partial charge on any atom is -0.463 e. The van der Waals surface area contributed by atoms with Gasteiger partial charge in [-0.25, -0.2) is 4.39 Å². The van der Waals surface area contributed by atoms with Crippen molar-refractivity contribution in [1.82, 2.24) is 0 Å². The molecule has 0 aromatic heterocycles. The molecular formula is C9H6F4O2. The van der Waals surface area contributed by atoms with Gasteiger partial charge in [-0.3, -0.25) is 4.79 Å². The standard InChI is InChI=1S/C9H6F4O2/c10-8-2-1-6(4-15-5-14)3-7(8)9(11,12)13/h1-3,5H,4H2. The number of hydrogen-bond acceptors (Lipinski definition) is 2. The third-order valence-corrected chi connectivity index (χ3v) is 1.65. The smallest absolute Gasteiger partial charge is 0.419 e. The van der Waals surface area contributed by atoms with Crippen molar-refractivity contribution in [2.45, 2.75) is 12.8 Å². The molecule has 0 atom stereocenters. The maximum Gasteiger partial charge on any atom is 0.419 e. The molecule has 0 fully saturated rings. The highest BCUT2D eigenvalue weighted by Gasteiger charge is 2.34. The highest BCUT2D eigenvalue weighted by Crippen LogP contribution is 2.31. The summed E-state index contributed by atoms with van der Waals surface area (Å²) in [6.07, 6.45) is -4.75. The van der Waals surface area contributed by atoms with Gasteiger partial charge < -0.3 is 4.74 Å². The van der Waals surface area contributed by atoms with Gasteiger partial charge in [0.1, 0.15) is 12.4 Å². The molecule has 0 spiro atoms. The van der Waals surface area contributed by atoms with Gasteiger partial charge in [0.2, 0.25) is 0 Å². The molecule has 1 aromatic carbocycles. The first-order chi connectivity index (χ1) is 6.95. The number of hydrogen-bond donors (Lipinski definition) is 0. The molecule has 0 N–H and O–H groups in total. The first-order valence-corrected chi connectivity index (χ1v) is 3.86. The van der Waals surface area contributed by atoms with Gasteiger partial charge in [-0.1, -0.05) is 6.07 Å². The third kappa shape index (κ3) is 2.93. The minimum atomic E-state index is -4.75. The SMILES string of the molecule is O=COCc1ccc(F)c(C(F)(F)F)c1. The lowest BCUT2D eigenvalue weighted by molar-refractivity contribution is -0.140. The Hall–Kier alpha value is -1.59. The van der Waals surface area contributed by atoms with Crippen molar-refractivity contribution in [3.63, 3.8) is 0 Å². The molecule has 0 radical (unpaired) electrons. The predicted octanol–water partition coefficient (Wildman–Crippen LogP) is 2.52. The first kappa shape index (κ1) is 11.5. The van der Waals surface area contributed by atoms with Crippen molar-refractivity contribution in [3.05, 3.63) is 35.1 Å². The molecule has 0 heterocycles. The van der Waals surface area contributed by atoms with E-state index in [4.69, 9.17) is 0 Å². The van der Waals surface area contributed by atoms with Crippen LogP contribution in [0.4, 0.5) is 17.6 Å². The summed E-state index contributed by atoms with van der Waals surface area (Å²) in [6.45, 7) is -0.205. The summed E-state index contributed by atoms with van der Waals surface area (Å²) in [5.74, 6) is -1.35. The quantitative estimate of drug-likeness (QED) is 0.580. The van der Waals surface area contributed by atoms with Gasteiger partial charge in [-0.2, -0.15) is 13.2 Å². The zero-order valence-electron chi connectivity index (χ0n) is 7.34. The maximum atomic E-state index is 12.8. The molecule has 0 amide bonds. The predicted molar refractivity (Wildman–Crippen MR) is 42.3 cm³/mol. The lowest BCUT2D eigenvalue weighted by atomic mass is 10.1. The van der Waals surface area contributed by atoms with Gasteiger partial charge >= 0.3 is 6.18 Å². The number of carbonyl (C=O) groups excluding carboxylic acids is 1. The van der Waals surface area contributed by atoms with E-state index in [-0.39, 0.29) is 18.6 Å². The first-order valence-electron chi connectivity index (χ1n) is 3.86. The summed E-state index contributed by atoms with van der Waals surface area (Å²) >= 11 is 0. The summed E-state index contributed by atoms with van der Waals surface area (Å²) < 4.78 is 53.6. The Labute approximate surface area is 82.5 Å². The minimum absolute atomic E-state index is 0.0795. The van der Waals surface area contributed by atoms with Gasteiger partial charge in [-0.05, 0) is 17.7 Å². The van der Waals surface area contributed by atoms with E-state index >= 15 is 0 Å². The Morgan fingerprint density at radius 2 is 2.00 bits per heavy atom. The van der Waals surface area contributed by atoms with Crippen LogP contribution in [0.2, 0.25) is 0 Å². The lowest BCUT2D eigenvalue weighted by Crippen LogP contribution is -2.09. The molecule has 2 nitrogen and oxygen atoms in total. The maximum absolute atomic E-state index is 12.8. The van der Waals surface area contributed by atoms with Crippen LogP contribution in [-0.4, -0.2) is 6.47 Å². The van der Waals surface area contributed by atoms with Crippen LogP contribution in [0.15, 0.2) is 18.2 Å². The second kappa shape index (κ2) is 4.29. The van der Waals surface area contributed by atoms with Crippen LogP contribution >= 0.6 is 0 Å². The Balaban J connectivity index is 3.00. The van der Waals surface area contributed by atoms with Gasteiger partial charge in [0.25, 0.3) is 6.47 Å². The van der Waals surface area contributed by atoms with Crippen LogP contribution < -0.4 is 0 Å². The molecule has 0 saturated carbocycles. The second-order valence-electron chi connectivity index (χ2n) is 2.72. The van der Waals surface area contributed by atoms with E-state index in [0.29, 0.717) is 12.1 Å². The number of carbonyl (C=O) groups is 1. The van der Waals surface area contributed by atoms with E-state index in [1.54, 1.807) is 0 Å². The Kier molecular flexibility index (Phi) is 3.28. The van der Waals surface area contributed by atoms with E-state index < -0.39 is 17.6 Å². The number of alkyl halides is 3. The molecule has 15 heavy (non-hydrogen) atoms. The molecule has 0 unspecified atom stereocenters. The van der Waals surface area contributed by atoms with Crippen LogP contribution in [0, 0.1) is 5.82 Å². The fourth-order valence-corrected chi connectivity index (χ4v) is 1.01. The van der Waals surface area contributed by atoms with Gasteiger partial charge in [0, 0.05) is 0 Å². The Bertz CT molecular complexity index is 360. The number of halogens is 4.